The van der Waals surface area contributed by atoms with Crippen LogP contribution in [0, 0.1) is 6.92 Å². The summed E-state index contributed by atoms with van der Waals surface area (Å²) < 4.78 is 5.96. The van der Waals surface area contributed by atoms with Crippen molar-refractivity contribution in [2.75, 3.05) is 0 Å². The first-order chi connectivity index (χ1) is 7.75. The maximum absolute atomic E-state index is 6.12. The number of rotatable bonds is 2. The molecule has 1 aliphatic carbocycles. The van der Waals surface area contributed by atoms with Crippen LogP contribution in [-0.4, -0.2) is 17.1 Å². The molecule has 16 heavy (non-hydrogen) atoms. The van der Waals surface area contributed by atoms with Crippen LogP contribution in [0.3, 0.4) is 0 Å². The molecule has 1 saturated carbocycles. The molecule has 1 aromatic rings. The standard InChI is InChI=1S/C13H20N2O/c1-10-9-11(7-8-15-10)16-13-6-4-2-3-5-12(13)14/h7-9,12-13H,2-6,14H2,1H3. The van der Waals surface area contributed by atoms with E-state index in [-0.39, 0.29) is 12.1 Å². The van der Waals surface area contributed by atoms with Gasteiger partial charge < -0.3 is 10.5 Å². The summed E-state index contributed by atoms with van der Waals surface area (Å²) in [6.45, 7) is 1.97. The highest BCUT2D eigenvalue weighted by Crippen LogP contribution is 2.22. The molecule has 0 bridgehead atoms. The molecule has 0 amide bonds. The summed E-state index contributed by atoms with van der Waals surface area (Å²) in [4.78, 5) is 4.16. The zero-order chi connectivity index (χ0) is 11.4. The molecule has 1 fully saturated rings. The van der Waals surface area contributed by atoms with Crippen molar-refractivity contribution in [3.8, 4) is 5.75 Å². The van der Waals surface area contributed by atoms with Gasteiger partial charge in [-0.05, 0) is 32.3 Å². The van der Waals surface area contributed by atoms with Gasteiger partial charge in [-0.3, -0.25) is 4.98 Å². The second-order valence-corrected chi connectivity index (χ2v) is 4.59. The number of hydrogen-bond donors (Lipinski definition) is 1. The van der Waals surface area contributed by atoms with Crippen LogP contribution >= 0.6 is 0 Å². The minimum absolute atomic E-state index is 0.171. The SMILES string of the molecule is Cc1cc(OC2CCCCCC2N)ccn1. The van der Waals surface area contributed by atoms with Crippen molar-refractivity contribution in [2.24, 2.45) is 5.73 Å². The van der Waals surface area contributed by atoms with Gasteiger partial charge in [0, 0.05) is 24.0 Å². The molecule has 0 saturated heterocycles. The Balaban J connectivity index is 2.02. The van der Waals surface area contributed by atoms with Crippen molar-refractivity contribution in [3.63, 3.8) is 0 Å². The van der Waals surface area contributed by atoms with E-state index < -0.39 is 0 Å². The third-order valence-corrected chi connectivity index (χ3v) is 3.16. The number of aromatic nitrogens is 1. The Morgan fingerprint density at radius 1 is 1.31 bits per heavy atom. The van der Waals surface area contributed by atoms with Crippen LogP contribution in [0.5, 0.6) is 5.75 Å². The molecule has 2 N–H and O–H groups in total. The van der Waals surface area contributed by atoms with Crippen molar-refractivity contribution in [2.45, 2.75) is 51.2 Å². The topological polar surface area (TPSA) is 48.1 Å². The lowest BCUT2D eigenvalue weighted by molar-refractivity contribution is 0.162. The zero-order valence-corrected chi connectivity index (χ0v) is 9.86. The van der Waals surface area contributed by atoms with Gasteiger partial charge in [-0.2, -0.15) is 0 Å². The minimum atomic E-state index is 0.171. The quantitative estimate of drug-likeness (QED) is 0.779. The van der Waals surface area contributed by atoms with Crippen LogP contribution in [0.15, 0.2) is 18.3 Å². The molecule has 0 radical (unpaired) electrons. The molecule has 88 valence electrons. The molecule has 1 aliphatic rings. The zero-order valence-electron chi connectivity index (χ0n) is 9.86. The molecule has 3 nitrogen and oxygen atoms in total. The van der Waals surface area contributed by atoms with E-state index in [1.165, 1.54) is 19.3 Å². The molecule has 0 spiro atoms. The van der Waals surface area contributed by atoms with Gasteiger partial charge in [-0.15, -0.1) is 0 Å². The van der Waals surface area contributed by atoms with Gasteiger partial charge in [0.05, 0.1) is 0 Å². The molecular weight excluding hydrogens is 200 g/mol. The minimum Gasteiger partial charge on any atom is -0.489 e. The second kappa shape index (κ2) is 5.30. The number of ether oxygens (including phenoxy) is 1. The smallest absolute Gasteiger partial charge is 0.123 e. The van der Waals surface area contributed by atoms with Crippen LogP contribution < -0.4 is 10.5 Å². The summed E-state index contributed by atoms with van der Waals surface area (Å²) in [5.74, 6) is 0.898. The molecule has 3 heteroatoms. The van der Waals surface area contributed by atoms with E-state index in [9.17, 15) is 0 Å². The Morgan fingerprint density at radius 3 is 2.94 bits per heavy atom. The van der Waals surface area contributed by atoms with Crippen molar-refractivity contribution in [3.05, 3.63) is 24.0 Å². The van der Waals surface area contributed by atoms with Gasteiger partial charge >= 0.3 is 0 Å². The molecule has 2 atom stereocenters. The first kappa shape index (κ1) is 11.4. The van der Waals surface area contributed by atoms with Crippen molar-refractivity contribution in [1.29, 1.82) is 0 Å². The Labute approximate surface area is 97.0 Å². The van der Waals surface area contributed by atoms with E-state index in [1.807, 2.05) is 19.1 Å². The molecule has 1 heterocycles. The normalized spacial score (nSPS) is 26.1. The lowest BCUT2D eigenvalue weighted by Crippen LogP contribution is -2.37. The highest BCUT2D eigenvalue weighted by molar-refractivity contribution is 5.22. The summed E-state index contributed by atoms with van der Waals surface area (Å²) in [5, 5.41) is 0. The first-order valence-electron chi connectivity index (χ1n) is 6.10. The predicted molar refractivity (Wildman–Crippen MR) is 64.5 cm³/mol. The fourth-order valence-electron chi connectivity index (χ4n) is 2.22. The number of nitrogens with zero attached hydrogens (tertiary/aromatic N) is 1. The van der Waals surface area contributed by atoms with Gasteiger partial charge in [0.15, 0.2) is 0 Å². The summed E-state index contributed by atoms with van der Waals surface area (Å²) in [7, 11) is 0. The Hall–Kier alpha value is -1.09. The molecule has 0 aliphatic heterocycles. The number of aryl methyl sites for hydroxylation is 1. The van der Waals surface area contributed by atoms with E-state index in [4.69, 9.17) is 10.5 Å². The molecule has 2 unspecified atom stereocenters. The summed E-state index contributed by atoms with van der Waals surface area (Å²) in [5.41, 5.74) is 7.11. The van der Waals surface area contributed by atoms with Crippen LogP contribution in [-0.2, 0) is 0 Å². The molecular formula is C13H20N2O. The van der Waals surface area contributed by atoms with Gasteiger partial charge in [0.2, 0.25) is 0 Å². The average molecular weight is 220 g/mol. The average Bonchev–Trinajstić information content (AvgIpc) is 2.45. The molecule has 0 aromatic carbocycles. The van der Waals surface area contributed by atoms with Crippen LogP contribution in [0.1, 0.15) is 37.8 Å². The number of nitrogens with two attached hydrogens (primary N) is 1. The maximum atomic E-state index is 6.12. The Morgan fingerprint density at radius 2 is 2.12 bits per heavy atom. The van der Waals surface area contributed by atoms with Crippen molar-refractivity contribution < 1.29 is 4.74 Å². The Kier molecular flexibility index (Phi) is 3.78. The second-order valence-electron chi connectivity index (χ2n) is 4.59. The van der Waals surface area contributed by atoms with Gasteiger partial charge in [-0.1, -0.05) is 12.8 Å². The van der Waals surface area contributed by atoms with Crippen molar-refractivity contribution >= 4 is 0 Å². The van der Waals surface area contributed by atoms with E-state index in [0.29, 0.717) is 0 Å². The molecule has 2 rings (SSSR count). The van der Waals surface area contributed by atoms with Crippen LogP contribution in [0.25, 0.3) is 0 Å². The first-order valence-corrected chi connectivity index (χ1v) is 6.10. The van der Waals surface area contributed by atoms with Crippen LogP contribution in [0.4, 0.5) is 0 Å². The third kappa shape index (κ3) is 2.95. The van der Waals surface area contributed by atoms with E-state index in [1.54, 1.807) is 6.20 Å². The van der Waals surface area contributed by atoms with E-state index in [2.05, 4.69) is 4.98 Å². The van der Waals surface area contributed by atoms with Gasteiger partial charge in [0.25, 0.3) is 0 Å². The highest BCUT2D eigenvalue weighted by Gasteiger charge is 2.21. The van der Waals surface area contributed by atoms with E-state index in [0.717, 1.165) is 24.3 Å². The van der Waals surface area contributed by atoms with Gasteiger partial charge in [-0.25, -0.2) is 0 Å². The van der Waals surface area contributed by atoms with Crippen LogP contribution in [0.2, 0.25) is 0 Å². The summed E-state index contributed by atoms with van der Waals surface area (Å²) >= 11 is 0. The third-order valence-electron chi connectivity index (χ3n) is 3.16. The largest absolute Gasteiger partial charge is 0.489 e. The number of pyridine rings is 1. The Bertz CT molecular complexity index is 340. The fourth-order valence-corrected chi connectivity index (χ4v) is 2.22. The lowest BCUT2D eigenvalue weighted by atomic mass is 10.1. The fraction of sp³-hybridized carbons (Fsp3) is 0.615. The van der Waals surface area contributed by atoms with Gasteiger partial charge in [0.1, 0.15) is 11.9 Å². The predicted octanol–water partition coefficient (Wildman–Crippen LogP) is 2.43. The number of hydrogen-bond acceptors (Lipinski definition) is 3. The summed E-state index contributed by atoms with van der Waals surface area (Å²) in [6.07, 6.45) is 7.84. The highest BCUT2D eigenvalue weighted by atomic mass is 16.5. The monoisotopic (exact) mass is 220 g/mol. The summed E-state index contributed by atoms with van der Waals surface area (Å²) in [6, 6.07) is 4.05. The van der Waals surface area contributed by atoms with E-state index >= 15 is 0 Å². The van der Waals surface area contributed by atoms with Crippen molar-refractivity contribution in [1.82, 2.24) is 4.98 Å². The molecule has 1 aromatic heterocycles. The lowest BCUT2D eigenvalue weighted by Gasteiger charge is -2.22. The maximum Gasteiger partial charge on any atom is 0.123 e.